The second kappa shape index (κ2) is 9.31. The molecule has 0 fully saturated rings. The monoisotopic (exact) mass is 362 g/mol. The fourth-order valence-electron chi connectivity index (χ4n) is 3.02. The largest absolute Gasteiger partial charge is 0.493 e. The molecule has 0 saturated heterocycles. The average molecular weight is 362 g/mol. The smallest absolute Gasteiger partial charge is 0.161 e. The van der Waals surface area contributed by atoms with Crippen LogP contribution in [0.3, 0.4) is 0 Å². The van der Waals surface area contributed by atoms with E-state index in [1.165, 1.54) is 0 Å². The van der Waals surface area contributed by atoms with Crippen molar-refractivity contribution in [2.45, 2.75) is 12.0 Å². The topological polar surface area (TPSA) is 66.4 Å². The predicted octanol–water partition coefficient (Wildman–Crippen LogP) is 3.18. The van der Waals surface area contributed by atoms with Crippen molar-refractivity contribution < 1.29 is 28.8 Å². The maximum atomic E-state index is 10.1. The van der Waals surface area contributed by atoms with E-state index in [1.807, 2.05) is 36.4 Å². The van der Waals surface area contributed by atoms with Gasteiger partial charge >= 0.3 is 0 Å². The van der Waals surface area contributed by atoms with Crippen LogP contribution in [0.1, 0.15) is 23.1 Å². The second-order valence-corrected chi connectivity index (χ2v) is 5.67. The van der Waals surface area contributed by atoms with Crippen molar-refractivity contribution in [2.75, 3.05) is 42.2 Å². The Balaban J connectivity index is 2.43. The fraction of sp³-hybridized carbons (Fsp3) is 0.400. The van der Waals surface area contributed by atoms with Crippen LogP contribution in [-0.4, -0.2) is 47.3 Å². The molecule has 0 amide bonds. The van der Waals surface area contributed by atoms with Gasteiger partial charge in [0.25, 0.3) is 0 Å². The Morgan fingerprint density at radius 1 is 0.692 bits per heavy atom. The minimum Gasteiger partial charge on any atom is -0.493 e. The molecule has 0 unspecified atom stereocenters. The molecule has 0 saturated carbocycles. The molecule has 2 rings (SSSR count). The quantitative estimate of drug-likeness (QED) is 0.739. The Morgan fingerprint density at radius 3 is 1.58 bits per heavy atom. The molecule has 0 aliphatic rings. The van der Waals surface area contributed by atoms with E-state index in [0.29, 0.717) is 23.0 Å². The highest BCUT2D eigenvalue weighted by molar-refractivity contribution is 5.46. The molecular formula is C20H26O6. The number of aliphatic hydroxyl groups excluding tert-OH is 1. The van der Waals surface area contributed by atoms with Gasteiger partial charge in [-0.15, -0.1) is 0 Å². The van der Waals surface area contributed by atoms with E-state index in [0.717, 1.165) is 11.1 Å². The summed E-state index contributed by atoms with van der Waals surface area (Å²) >= 11 is 0. The third kappa shape index (κ3) is 4.03. The summed E-state index contributed by atoms with van der Waals surface area (Å²) in [6.45, 7) is -0.0949. The summed E-state index contributed by atoms with van der Waals surface area (Å²) < 4.78 is 27.0. The summed E-state index contributed by atoms with van der Waals surface area (Å²) in [7, 11) is 7.96. The van der Waals surface area contributed by atoms with Gasteiger partial charge in [0.2, 0.25) is 0 Å². The molecule has 0 radical (unpaired) electrons. The van der Waals surface area contributed by atoms with E-state index in [4.69, 9.17) is 23.7 Å². The first kappa shape index (κ1) is 19.9. The summed E-state index contributed by atoms with van der Waals surface area (Å²) in [5, 5.41) is 10.1. The summed E-state index contributed by atoms with van der Waals surface area (Å²) in [5.41, 5.74) is 1.76. The molecule has 0 spiro atoms. The van der Waals surface area contributed by atoms with Crippen LogP contribution in [-0.2, 0) is 4.74 Å². The van der Waals surface area contributed by atoms with Gasteiger partial charge < -0.3 is 28.8 Å². The van der Waals surface area contributed by atoms with Crippen LogP contribution in [0.2, 0.25) is 0 Å². The molecule has 2 aromatic carbocycles. The van der Waals surface area contributed by atoms with Crippen molar-refractivity contribution >= 4 is 0 Å². The standard InChI is InChI=1S/C20H26O6/c1-22-16-8-6-13(10-18(16)24-3)15(12-21)20(26-5)14-7-9-17(23-2)19(11-14)25-4/h6-11,15,20-21H,12H2,1-5H3/t15-,20-/m0/s1. The van der Waals surface area contributed by atoms with E-state index in [1.54, 1.807) is 35.5 Å². The van der Waals surface area contributed by atoms with Gasteiger partial charge in [0.1, 0.15) is 0 Å². The number of hydrogen-bond acceptors (Lipinski definition) is 6. The van der Waals surface area contributed by atoms with Crippen molar-refractivity contribution in [3.8, 4) is 23.0 Å². The molecule has 0 bridgehead atoms. The zero-order chi connectivity index (χ0) is 19.1. The Morgan fingerprint density at radius 2 is 1.15 bits per heavy atom. The Kier molecular flexibility index (Phi) is 7.12. The molecule has 0 aliphatic carbocycles. The van der Waals surface area contributed by atoms with E-state index in [2.05, 4.69) is 0 Å². The van der Waals surface area contributed by atoms with Gasteiger partial charge in [-0.1, -0.05) is 12.1 Å². The minimum atomic E-state index is -0.377. The van der Waals surface area contributed by atoms with Crippen molar-refractivity contribution in [1.29, 1.82) is 0 Å². The van der Waals surface area contributed by atoms with Gasteiger partial charge in [0.15, 0.2) is 23.0 Å². The van der Waals surface area contributed by atoms with Gasteiger partial charge in [-0.3, -0.25) is 0 Å². The van der Waals surface area contributed by atoms with Crippen molar-refractivity contribution in [3.63, 3.8) is 0 Å². The highest BCUT2D eigenvalue weighted by atomic mass is 16.5. The van der Waals surface area contributed by atoms with Crippen LogP contribution in [0.4, 0.5) is 0 Å². The molecule has 6 nitrogen and oxygen atoms in total. The van der Waals surface area contributed by atoms with Gasteiger partial charge in [-0.25, -0.2) is 0 Å². The van der Waals surface area contributed by atoms with Crippen molar-refractivity contribution in [2.24, 2.45) is 0 Å². The normalized spacial score (nSPS) is 13.0. The molecule has 26 heavy (non-hydrogen) atoms. The van der Waals surface area contributed by atoms with Crippen LogP contribution >= 0.6 is 0 Å². The van der Waals surface area contributed by atoms with Crippen LogP contribution in [0.25, 0.3) is 0 Å². The third-order valence-corrected chi connectivity index (χ3v) is 4.39. The number of hydrogen-bond donors (Lipinski definition) is 1. The van der Waals surface area contributed by atoms with Crippen LogP contribution in [0.5, 0.6) is 23.0 Å². The fourth-order valence-corrected chi connectivity index (χ4v) is 3.02. The van der Waals surface area contributed by atoms with Gasteiger partial charge in [0, 0.05) is 13.0 Å². The molecule has 6 heteroatoms. The first-order valence-corrected chi connectivity index (χ1v) is 8.20. The molecule has 0 aliphatic heterocycles. The molecule has 2 aromatic rings. The molecule has 0 aromatic heterocycles. The highest BCUT2D eigenvalue weighted by Crippen LogP contribution is 2.39. The minimum absolute atomic E-state index is 0.0949. The van der Waals surface area contributed by atoms with E-state index < -0.39 is 0 Å². The lowest BCUT2D eigenvalue weighted by Crippen LogP contribution is -2.17. The number of benzene rings is 2. The summed E-state index contributed by atoms with van der Waals surface area (Å²) in [6.07, 6.45) is -0.377. The Hall–Kier alpha value is -2.44. The lowest BCUT2D eigenvalue weighted by Gasteiger charge is -2.26. The lowest BCUT2D eigenvalue weighted by molar-refractivity contribution is 0.0563. The highest BCUT2D eigenvalue weighted by Gasteiger charge is 2.26. The first-order valence-electron chi connectivity index (χ1n) is 8.20. The molecule has 142 valence electrons. The van der Waals surface area contributed by atoms with Crippen LogP contribution in [0, 0.1) is 0 Å². The molecule has 2 atom stereocenters. The summed E-state index contributed by atoms with van der Waals surface area (Å²) in [5.74, 6) is 2.19. The van der Waals surface area contributed by atoms with E-state index in [-0.39, 0.29) is 18.6 Å². The zero-order valence-corrected chi connectivity index (χ0v) is 15.8. The number of aliphatic hydroxyl groups is 1. The van der Waals surface area contributed by atoms with Gasteiger partial charge in [-0.2, -0.15) is 0 Å². The van der Waals surface area contributed by atoms with Gasteiger partial charge in [-0.05, 0) is 35.4 Å². The second-order valence-electron chi connectivity index (χ2n) is 5.67. The number of methoxy groups -OCH3 is 5. The summed E-state index contributed by atoms with van der Waals surface area (Å²) in [6, 6.07) is 11.2. The molecular weight excluding hydrogens is 336 g/mol. The van der Waals surface area contributed by atoms with Crippen LogP contribution in [0.15, 0.2) is 36.4 Å². The maximum Gasteiger partial charge on any atom is 0.161 e. The Bertz CT molecular complexity index is 654. The first-order chi connectivity index (χ1) is 12.6. The predicted molar refractivity (Wildman–Crippen MR) is 98.7 cm³/mol. The van der Waals surface area contributed by atoms with Crippen molar-refractivity contribution in [1.82, 2.24) is 0 Å². The lowest BCUT2D eigenvalue weighted by atomic mass is 9.89. The summed E-state index contributed by atoms with van der Waals surface area (Å²) in [4.78, 5) is 0. The Labute approximate surface area is 154 Å². The number of rotatable bonds is 9. The number of ether oxygens (including phenoxy) is 5. The van der Waals surface area contributed by atoms with E-state index >= 15 is 0 Å². The SMILES string of the molecule is COc1ccc([C@H](CO)[C@@H](OC)c2ccc(OC)c(OC)c2)cc1OC. The zero-order valence-electron chi connectivity index (χ0n) is 15.8. The van der Waals surface area contributed by atoms with Gasteiger partial charge in [0.05, 0.1) is 41.2 Å². The maximum absolute atomic E-state index is 10.1. The molecule has 0 heterocycles. The van der Waals surface area contributed by atoms with Crippen LogP contribution < -0.4 is 18.9 Å². The third-order valence-electron chi connectivity index (χ3n) is 4.39. The van der Waals surface area contributed by atoms with Crippen molar-refractivity contribution in [3.05, 3.63) is 47.5 Å². The van der Waals surface area contributed by atoms with E-state index in [9.17, 15) is 5.11 Å². The molecule has 1 N–H and O–H groups in total. The average Bonchev–Trinajstić information content (AvgIpc) is 2.70.